The van der Waals surface area contributed by atoms with Crippen LogP contribution >= 0.6 is 12.2 Å². The highest BCUT2D eigenvalue weighted by Crippen LogP contribution is 2.16. The van der Waals surface area contributed by atoms with E-state index in [4.69, 9.17) is 17.0 Å². The van der Waals surface area contributed by atoms with E-state index >= 15 is 0 Å². The Balaban J connectivity index is 2.08. The SMILES string of the molecule is CCCCCCCCCCCC(=O)NNC(=S)Nc1ccc(OCCC(C)C)cc1. The number of unbranched alkanes of at least 4 members (excludes halogenated alkanes) is 8. The molecule has 0 heterocycles. The molecule has 1 amide bonds. The molecule has 30 heavy (non-hydrogen) atoms. The van der Waals surface area contributed by atoms with Gasteiger partial charge in [-0.15, -0.1) is 0 Å². The average molecular weight is 436 g/mol. The van der Waals surface area contributed by atoms with Crippen molar-refractivity contribution >= 4 is 28.9 Å². The van der Waals surface area contributed by atoms with E-state index in [1.54, 1.807) is 0 Å². The predicted molar refractivity (Wildman–Crippen MR) is 131 cm³/mol. The van der Waals surface area contributed by atoms with Gasteiger partial charge in [-0.2, -0.15) is 0 Å². The Bertz CT molecular complexity index is 591. The van der Waals surface area contributed by atoms with Crippen LogP contribution in [-0.4, -0.2) is 17.6 Å². The fourth-order valence-corrected chi connectivity index (χ4v) is 3.16. The molecule has 1 aromatic rings. The lowest BCUT2D eigenvalue weighted by Gasteiger charge is -2.12. The third kappa shape index (κ3) is 14.2. The molecule has 0 aliphatic carbocycles. The maximum Gasteiger partial charge on any atom is 0.238 e. The van der Waals surface area contributed by atoms with Gasteiger partial charge < -0.3 is 10.1 Å². The van der Waals surface area contributed by atoms with Gasteiger partial charge in [-0.25, -0.2) is 0 Å². The number of benzene rings is 1. The van der Waals surface area contributed by atoms with Crippen molar-refractivity contribution in [3.8, 4) is 5.75 Å². The summed E-state index contributed by atoms with van der Waals surface area (Å²) < 4.78 is 5.71. The van der Waals surface area contributed by atoms with Crippen LogP contribution in [-0.2, 0) is 4.79 Å². The molecule has 3 N–H and O–H groups in total. The molecular weight excluding hydrogens is 394 g/mol. The second-order valence-electron chi connectivity index (χ2n) is 8.26. The third-order valence-electron chi connectivity index (χ3n) is 4.90. The smallest absolute Gasteiger partial charge is 0.238 e. The fourth-order valence-electron chi connectivity index (χ4n) is 2.99. The number of rotatable bonds is 15. The highest BCUT2D eigenvalue weighted by Gasteiger charge is 2.03. The maximum absolute atomic E-state index is 11.9. The largest absolute Gasteiger partial charge is 0.494 e. The number of nitrogens with one attached hydrogen (secondary N) is 3. The molecule has 1 aromatic carbocycles. The van der Waals surface area contributed by atoms with Crippen molar-refractivity contribution in [2.45, 2.75) is 91.4 Å². The highest BCUT2D eigenvalue weighted by atomic mass is 32.1. The van der Waals surface area contributed by atoms with Gasteiger partial charge in [0.15, 0.2) is 5.11 Å². The van der Waals surface area contributed by atoms with Crippen molar-refractivity contribution in [3.05, 3.63) is 24.3 Å². The van der Waals surface area contributed by atoms with E-state index < -0.39 is 0 Å². The zero-order valence-electron chi connectivity index (χ0n) is 19.1. The minimum Gasteiger partial charge on any atom is -0.494 e. The topological polar surface area (TPSA) is 62.4 Å². The van der Waals surface area contributed by atoms with Gasteiger partial charge in [-0.1, -0.05) is 72.1 Å². The van der Waals surface area contributed by atoms with E-state index in [9.17, 15) is 4.79 Å². The van der Waals surface area contributed by atoms with Crippen LogP contribution in [0.1, 0.15) is 91.4 Å². The minimum atomic E-state index is -0.0315. The van der Waals surface area contributed by atoms with Crippen molar-refractivity contribution in [3.63, 3.8) is 0 Å². The summed E-state index contributed by atoms with van der Waals surface area (Å²) >= 11 is 5.23. The minimum absolute atomic E-state index is 0.0315. The zero-order valence-corrected chi connectivity index (χ0v) is 19.9. The first-order valence-electron chi connectivity index (χ1n) is 11.6. The molecule has 0 aliphatic rings. The summed E-state index contributed by atoms with van der Waals surface area (Å²) in [7, 11) is 0. The van der Waals surface area contributed by atoms with Crippen molar-refractivity contribution in [1.29, 1.82) is 0 Å². The van der Waals surface area contributed by atoms with E-state index in [1.807, 2.05) is 24.3 Å². The molecule has 0 unspecified atom stereocenters. The van der Waals surface area contributed by atoms with Gasteiger partial charge in [0.25, 0.3) is 0 Å². The van der Waals surface area contributed by atoms with Crippen molar-refractivity contribution in [2.24, 2.45) is 5.92 Å². The number of hydrogen-bond donors (Lipinski definition) is 3. The number of anilines is 1. The second-order valence-corrected chi connectivity index (χ2v) is 8.67. The van der Waals surface area contributed by atoms with Crippen molar-refractivity contribution < 1.29 is 9.53 Å². The number of amides is 1. The van der Waals surface area contributed by atoms with E-state index in [0.717, 1.165) is 37.3 Å². The van der Waals surface area contributed by atoms with Gasteiger partial charge in [0.2, 0.25) is 5.91 Å². The Kier molecular flexibility index (Phi) is 14.8. The fraction of sp³-hybridized carbons (Fsp3) is 0.667. The standard InChI is InChI=1S/C24H41N3O2S/c1-4-5-6-7-8-9-10-11-12-13-23(28)26-27-24(30)25-21-14-16-22(17-15-21)29-19-18-20(2)3/h14-17,20H,4-13,18-19H2,1-3H3,(H,26,28)(H2,25,27,30). The summed E-state index contributed by atoms with van der Waals surface area (Å²) in [6, 6.07) is 7.63. The Labute approximate surface area is 188 Å². The van der Waals surface area contributed by atoms with Crippen molar-refractivity contribution in [1.82, 2.24) is 10.9 Å². The molecular formula is C24H41N3O2S. The number of hydrazine groups is 1. The number of carbonyl (C=O) groups is 1. The second kappa shape index (κ2) is 16.9. The lowest BCUT2D eigenvalue weighted by molar-refractivity contribution is -0.121. The summed E-state index contributed by atoms with van der Waals surface area (Å²) in [5.74, 6) is 1.44. The summed E-state index contributed by atoms with van der Waals surface area (Å²) in [5, 5.41) is 3.42. The van der Waals surface area contributed by atoms with E-state index in [-0.39, 0.29) is 5.91 Å². The van der Waals surface area contributed by atoms with Gasteiger partial charge in [0.05, 0.1) is 6.61 Å². The van der Waals surface area contributed by atoms with Crippen LogP contribution in [0.3, 0.4) is 0 Å². The first-order chi connectivity index (χ1) is 14.5. The monoisotopic (exact) mass is 435 g/mol. The molecule has 0 saturated heterocycles. The lowest BCUT2D eigenvalue weighted by atomic mass is 10.1. The molecule has 0 aliphatic heterocycles. The summed E-state index contributed by atoms with van der Waals surface area (Å²) in [4.78, 5) is 11.9. The Morgan fingerprint density at radius 1 is 0.933 bits per heavy atom. The number of ether oxygens (including phenoxy) is 1. The number of hydrogen-bond acceptors (Lipinski definition) is 3. The zero-order chi connectivity index (χ0) is 22.0. The van der Waals surface area contributed by atoms with Crippen LogP contribution in [0.15, 0.2) is 24.3 Å². The molecule has 170 valence electrons. The molecule has 0 atom stereocenters. The van der Waals surface area contributed by atoms with Crippen LogP contribution in [0, 0.1) is 5.92 Å². The van der Waals surface area contributed by atoms with Gasteiger partial charge in [-0.05, 0) is 55.2 Å². The van der Waals surface area contributed by atoms with Crippen LogP contribution in [0.4, 0.5) is 5.69 Å². The molecule has 0 radical (unpaired) electrons. The lowest BCUT2D eigenvalue weighted by Crippen LogP contribution is -2.43. The highest BCUT2D eigenvalue weighted by molar-refractivity contribution is 7.80. The van der Waals surface area contributed by atoms with E-state index in [1.165, 1.54) is 44.9 Å². The van der Waals surface area contributed by atoms with Crippen LogP contribution < -0.4 is 20.9 Å². The van der Waals surface area contributed by atoms with Crippen LogP contribution in [0.2, 0.25) is 0 Å². The summed E-state index contributed by atoms with van der Waals surface area (Å²) in [6.07, 6.45) is 12.7. The average Bonchev–Trinajstić information content (AvgIpc) is 2.72. The van der Waals surface area contributed by atoms with Crippen LogP contribution in [0.5, 0.6) is 5.75 Å². The Hall–Kier alpha value is -1.82. The van der Waals surface area contributed by atoms with Crippen molar-refractivity contribution in [2.75, 3.05) is 11.9 Å². The first kappa shape index (κ1) is 26.2. The first-order valence-corrected chi connectivity index (χ1v) is 12.0. The molecule has 0 fully saturated rings. The summed E-state index contributed by atoms with van der Waals surface area (Å²) in [5.41, 5.74) is 6.27. The van der Waals surface area contributed by atoms with E-state index in [2.05, 4.69) is 36.9 Å². The van der Waals surface area contributed by atoms with Crippen LogP contribution in [0.25, 0.3) is 0 Å². The quantitative estimate of drug-likeness (QED) is 0.170. The van der Waals surface area contributed by atoms with Gasteiger partial charge >= 0.3 is 0 Å². The molecule has 6 heteroatoms. The molecule has 5 nitrogen and oxygen atoms in total. The molecule has 0 saturated carbocycles. The molecule has 1 rings (SSSR count). The molecule has 0 spiro atoms. The Morgan fingerprint density at radius 2 is 1.53 bits per heavy atom. The molecule has 0 bridgehead atoms. The summed E-state index contributed by atoms with van der Waals surface area (Å²) in [6.45, 7) is 7.32. The van der Waals surface area contributed by atoms with Gasteiger partial charge in [0, 0.05) is 12.1 Å². The Morgan fingerprint density at radius 3 is 2.13 bits per heavy atom. The predicted octanol–water partition coefficient (Wildman–Crippen LogP) is 6.35. The number of carbonyl (C=O) groups excluding carboxylic acids is 1. The normalized spacial score (nSPS) is 10.7. The maximum atomic E-state index is 11.9. The molecule has 0 aromatic heterocycles. The van der Waals surface area contributed by atoms with Gasteiger partial charge in [0.1, 0.15) is 5.75 Å². The van der Waals surface area contributed by atoms with E-state index in [0.29, 0.717) is 17.5 Å². The number of thiocarbonyl (C=S) groups is 1. The van der Waals surface area contributed by atoms with Gasteiger partial charge in [-0.3, -0.25) is 15.6 Å². The third-order valence-corrected chi connectivity index (χ3v) is 5.10.